The van der Waals surface area contributed by atoms with Gasteiger partial charge in [0.25, 0.3) is 0 Å². The van der Waals surface area contributed by atoms with E-state index in [1.807, 2.05) is 18.2 Å². The van der Waals surface area contributed by atoms with Crippen LogP contribution in [0.15, 0.2) is 24.3 Å². The van der Waals surface area contributed by atoms with E-state index in [1.54, 1.807) is 0 Å². The number of carbonyl (C=O) groups is 1. The zero-order valence-corrected chi connectivity index (χ0v) is 9.79. The van der Waals surface area contributed by atoms with E-state index in [1.165, 1.54) is 5.56 Å². The maximum Gasteiger partial charge on any atom is 0.230 e. The molecule has 0 aromatic heterocycles. The van der Waals surface area contributed by atoms with Crippen LogP contribution in [-0.4, -0.2) is 19.0 Å². The van der Waals surface area contributed by atoms with Gasteiger partial charge in [-0.1, -0.05) is 32.0 Å². The van der Waals surface area contributed by atoms with E-state index in [2.05, 4.69) is 30.5 Å². The van der Waals surface area contributed by atoms with Crippen LogP contribution in [0, 0.1) is 5.92 Å². The molecule has 2 rings (SSSR count). The molecule has 1 amide bonds. The van der Waals surface area contributed by atoms with Crippen LogP contribution in [0.2, 0.25) is 0 Å². The first-order chi connectivity index (χ1) is 7.68. The van der Waals surface area contributed by atoms with Crippen LogP contribution in [0.3, 0.4) is 0 Å². The van der Waals surface area contributed by atoms with E-state index in [0.717, 1.165) is 18.8 Å². The van der Waals surface area contributed by atoms with Crippen molar-refractivity contribution in [2.45, 2.75) is 19.8 Å². The summed E-state index contributed by atoms with van der Waals surface area (Å²) in [4.78, 5) is 11.8. The number of carbonyl (C=O) groups excluding carboxylic acids is 1. The topological polar surface area (TPSA) is 41.1 Å². The zero-order valence-electron chi connectivity index (χ0n) is 9.79. The third kappa shape index (κ3) is 2.25. The van der Waals surface area contributed by atoms with Crippen molar-refractivity contribution in [3.8, 4) is 0 Å². The molecule has 0 bridgehead atoms. The summed E-state index contributed by atoms with van der Waals surface area (Å²) in [6.07, 6.45) is 0. The van der Waals surface area contributed by atoms with Gasteiger partial charge in [-0.3, -0.25) is 4.79 Å². The average molecular weight is 218 g/mol. The first kappa shape index (κ1) is 11.1. The Morgan fingerprint density at radius 3 is 2.62 bits per heavy atom. The van der Waals surface area contributed by atoms with Crippen LogP contribution >= 0.6 is 0 Å². The van der Waals surface area contributed by atoms with Crippen molar-refractivity contribution < 1.29 is 4.79 Å². The van der Waals surface area contributed by atoms with Crippen molar-refractivity contribution in [1.82, 2.24) is 5.32 Å². The standard InChI is InChI=1S/C13H18N2O/c1-9(2)11-5-3-4-6-12(11)15-13(16)10-7-14-8-10/h3-6,9-10,14H,7-8H2,1-2H3,(H,15,16). The van der Waals surface area contributed by atoms with Crippen molar-refractivity contribution in [3.05, 3.63) is 29.8 Å². The Labute approximate surface area is 96.2 Å². The van der Waals surface area contributed by atoms with Gasteiger partial charge in [-0.15, -0.1) is 0 Å². The van der Waals surface area contributed by atoms with Crippen LogP contribution in [0.1, 0.15) is 25.3 Å². The summed E-state index contributed by atoms with van der Waals surface area (Å²) < 4.78 is 0. The molecule has 1 aromatic carbocycles. The minimum absolute atomic E-state index is 0.131. The molecule has 3 heteroatoms. The van der Waals surface area contributed by atoms with E-state index in [9.17, 15) is 4.79 Å². The van der Waals surface area contributed by atoms with Crippen LogP contribution in [0.25, 0.3) is 0 Å². The molecule has 0 atom stereocenters. The second-order valence-corrected chi connectivity index (χ2v) is 4.59. The van der Waals surface area contributed by atoms with Gasteiger partial charge < -0.3 is 10.6 Å². The van der Waals surface area contributed by atoms with E-state index < -0.39 is 0 Å². The number of anilines is 1. The van der Waals surface area contributed by atoms with Gasteiger partial charge in [0.15, 0.2) is 0 Å². The molecule has 0 radical (unpaired) electrons. The first-order valence-corrected chi connectivity index (χ1v) is 5.79. The third-order valence-corrected chi connectivity index (χ3v) is 2.99. The summed E-state index contributed by atoms with van der Waals surface area (Å²) in [5.41, 5.74) is 2.15. The van der Waals surface area contributed by atoms with Gasteiger partial charge >= 0.3 is 0 Å². The third-order valence-electron chi connectivity index (χ3n) is 2.99. The van der Waals surface area contributed by atoms with Crippen LogP contribution < -0.4 is 10.6 Å². The summed E-state index contributed by atoms with van der Waals surface area (Å²) in [6.45, 7) is 5.87. The lowest BCUT2D eigenvalue weighted by Gasteiger charge is -2.26. The summed E-state index contributed by atoms with van der Waals surface area (Å²) in [5.74, 6) is 0.697. The molecule has 0 saturated carbocycles. The predicted octanol–water partition coefficient (Wildman–Crippen LogP) is 1.97. The fraction of sp³-hybridized carbons (Fsp3) is 0.462. The summed E-state index contributed by atoms with van der Waals surface area (Å²) >= 11 is 0. The first-order valence-electron chi connectivity index (χ1n) is 5.79. The Morgan fingerprint density at radius 1 is 1.38 bits per heavy atom. The van der Waals surface area contributed by atoms with Crippen molar-refractivity contribution >= 4 is 11.6 Å². The molecular formula is C13H18N2O. The highest BCUT2D eigenvalue weighted by molar-refractivity contribution is 5.94. The number of para-hydroxylation sites is 1. The number of hydrogen-bond acceptors (Lipinski definition) is 2. The number of hydrogen-bond donors (Lipinski definition) is 2. The average Bonchev–Trinajstić information content (AvgIpc) is 2.15. The molecule has 86 valence electrons. The molecule has 1 saturated heterocycles. The lowest BCUT2D eigenvalue weighted by molar-refractivity contribution is -0.121. The van der Waals surface area contributed by atoms with Gasteiger partial charge in [0.2, 0.25) is 5.91 Å². The van der Waals surface area contributed by atoms with Crippen molar-refractivity contribution in [3.63, 3.8) is 0 Å². The van der Waals surface area contributed by atoms with E-state index in [-0.39, 0.29) is 11.8 Å². The highest BCUT2D eigenvalue weighted by Crippen LogP contribution is 2.24. The molecule has 3 nitrogen and oxygen atoms in total. The number of amides is 1. The minimum atomic E-state index is 0.131. The molecule has 16 heavy (non-hydrogen) atoms. The maximum absolute atomic E-state index is 11.8. The highest BCUT2D eigenvalue weighted by Gasteiger charge is 2.25. The number of rotatable bonds is 3. The van der Waals surface area contributed by atoms with Crippen LogP contribution in [-0.2, 0) is 4.79 Å². The summed E-state index contributed by atoms with van der Waals surface area (Å²) in [6, 6.07) is 8.01. The smallest absolute Gasteiger partial charge is 0.230 e. The van der Waals surface area contributed by atoms with Crippen LogP contribution in [0.4, 0.5) is 5.69 Å². The Balaban J connectivity index is 2.10. The molecule has 2 N–H and O–H groups in total. The lowest BCUT2D eigenvalue weighted by atomic mass is 9.99. The largest absolute Gasteiger partial charge is 0.326 e. The Bertz CT molecular complexity index is 383. The maximum atomic E-state index is 11.8. The highest BCUT2D eigenvalue weighted by atomic mass is 16.2. The van der Waals surface area contributed by atoms with Gasteiger partial charge in [0, 0.05) is 18.8 Å². The Morgan fingerprint density at radius 2 is 2.06 bits per heavy atom. The molecule has 1 heterocycles. The van der Waals surface area contributed by atoms with Gasteiger partial charge in [0.1, 0.15) is 0 Å². The molecule has 0 spiro atoms. The number of benzene rings is 1. The lowest BCUT2D eigenvalue weighted by Crippen LogP contribution is -2.48. The SMILES string of the molecule is CC(C)c1ccccc1NC(=O)C1CNC1. The molecule has 0 unspecified atom stereocenters. The summed E-state index contributed by atoms with van der Waals surface area (Å²) in [7, 11) is 0. The molecule has 0 aliphatic carbocycles. The normalized spacial score (nSPS) is 15.9. The quantitative estimate of drug-likeness (QED) is 0.814. The minimum Gasteiger partial charge on any atom is -0.326 e. The zero-order chi connectivity index (χ0) is 11.5. The Kier molecular flexibility index (Phi) is 3.25. The van der Waals surface area contributed by atoms with E-state index in [0.29, 0.717) is 5.92 Å². The second kappa shape index (κ2) is 4.66. The summed E-state index contributed by atoms with van der Waals surface area (Å²) in [5, 5.41) is 6.12. The molecule has 1 fully saturated rings. The van der Waals surface area contributed by atoms with Crippen molar-refractivity contribution in [1.29, 1.82) is 0 Å². The fourth-order valence-corrected chi connectivity index (χ4v) is 1.82. The second-order valence-electron chi connectivity index (χ2n) is 4.59. The van der Waals surface area contributed by atoms with Gasteiger partial charge in [-0.25, -0.2) is 0 Å². The monoisotopic (exact) mass is 218 g/mol. The van der Waals surface area contributed by atoms with E-state index >= 15 is 0 Å². The predicted molar refractivity (Wildman–Crippen MR) is 65.5 cm³/mol. The van der Waals surface area contributed by atoms with E-state index in [4.69, 9.17) is 0 Å². The molecule has 1 aromatic rings. The number of nitrogens with one attached hydrogen (secondary N) is 2. The van der Waals surface area contributed by atoms with Gasteiger partial charge in [-0.2, -0.15) is 0 Å². The van der Waals surface area contributed by atoms with Crippen molar-refractivity contribution in [2.75, 3.05) is 18.4 Å². The Hall–Kier alpha value is -1.35. The molecule has 1 aliphatic heterocycles. The molecule has 1 aliphatic rings. The van der Waals surface area contributed by atoms with Crippen molar-refractivity contribution in [2.24, 2.45) is 5.92 Å². The van der Waals surface area contributed by atoms with Gasteiger partial charge in [0.05, 0.1) is 5.92 Å². The fourth-order valence-electron chi connectivity index (χ4n) is 1.82. The van der Waals surface area contributed by atoms with Gasteiger partial charge in [-0.05, 0) is 17.5 Å². The molecular weight excluding hydrogens is 200 g/mol. The van der Waals surface area contributed by atoms with Crippen LogP contribution in [0.5, 0.6) is 0 Å².